The van der Waals surface area contributed by atoms with Gasteiger partial charge in [-0.2, -0.15) is 0 Å². The molecule has 0 atom stereocenters. The molecule has 1 amide bonds. The van der Waals surface area contributed by atoms with Crippen LogP contribution in [0.1, 0.15) is 46.5 Å². The number of hydrogen-bond donors (Lipinski definition) is 3. The summed E-state index contributed by atoms with van der Waals surface area (Å²) in [7, 11) is 0. The number of aromatic nitrogens is 2. The lowest BCUT2D eigenvalue weighted by molar-refractivity contribution is -0.0369. The van der Waals surface area contributed by atoms with Crippen LogP contribution >= 0.6 is 0 Å². The highest BCUT2D eigenvalue weighted by molar-refractivity contribution is 6.20. The maximum Gasteiger partial charge on any atom is 0.250 e. The third-order valence-corrected chi connectivity index (χ3v) is 7.59. The van der Waals surface area contributed by atoms with Gasteiger partial charge in [0.25, 0.3) is 5.91 Å². The minimum absolute atomic E-state index is 0.0527. The van der Waals surface area contributed by atoms with Crippen molar-refractivity contribution in [3.63, 3.8) is 0 Å². The van der Waals surface area contributed by atoms with Crippen molar-refractivity contribution in [3.8, 4) is 11.1 Å². The lowest BCUT2D eigenvalue weighted by Gasteiger charge is -2.25. The number of nitrogens with two attached hydrogens (primary N) is 1. The number of nitrogens with one attached hydrogen (secondary N) is 1. The molecule has 0 unspecified atom stereocenters. The normalized spacial score (nSPS) is 14.2. The first-order valence-corrected chi connectivity index (χ1v) is 13.2. The monoisotopic (exact) mass is 534 g/mol. The second-order valence-corrected chi connectivity index (χ2v) is 10.4. The summed E-state index contributed by atoms with van der Waals surface area (Å²) in [5, 5.41) is 11.1. The van der Waals surface area contributed by atoms with Crippen LogP contribution in [0.5, 0.6) is 0 Å². The molecule has 0 fully saturated rings. The standard InChI is InChI=1S/C32H30N4O4/c1-18-21(5-4-6-26(18)36-31-25-16-34-12-11-19(25)17-39-31)22-9-10-24(30(33)38)29-28(22)23-8-7-20(15-27(23)35-29)32(2,3)40-14-13-37/h4-12,15-16,35,37H,13-14,17H2,1-3H3,(H2,33,38). The highest BCUT2D eigenvalue weighted by Gasteiger charge is 2.24. The Morgan fingerprint density at radius 2 is 2.00 bits per heavy atom. The number of aliphatic hydroxyl groups excluding tert-OH is 1. The second-order valence-electron chi connectivity index (χ2n) is 10.4. The molecule has 8 nitrogen and oxygen atoms in total. The first-order chi connectivity index (χ1) is 19.3. The summed E-state index contributed by atoms with van der Waals surface area (Å²) < 4.78 is 11.8. The Kier molecular flexibility index (Phi) is 6.37. The van der Waals surface area contributed by atoms with E-state index in [1.54, 1.807) is 18.5 Å². The minimum atomic E-state index is -0.607. The van der Waals surface area contributed by atoms with E-state index >= 15 is 0 Å². The number of rotatable bonds is 7. The summed E-state index contributed by atoms with van der Waals surface area (Å²) in [6.45, 7) is 6.63. The van der Waals surface area contributed by atoms with E-state index in [1.165, 1.54) is 0 Å². The molecule has 0 aliphatic carbocycles. The molecule has 202 valence electrons. The summed E-state index contributed by atoms with van der Waals surface area (Å²) in [5.74, 6) is 0.0562. The molecule has 0 spiro atoms. The largest absolute Gasteiger partial charge is 0.472 e. The van der Waals surface area contributed by atoms with Crippen LogP contribution in [0.25, 0.3) is 32.9 Å². The number of aromatic amines is 1. The van der Waals surface area contributed by atoms with E-state index in [0.29, 0.717) is 23.6 Å². The number of carbonyl (C=O) groups excluding carboxylic acids is 1. The minimum Gasteiger partial charge on any atom is -0.472 e. The van der Waals surface area contributed by atoms with Gasteiger partial charge in [0.1, 0.15) is 6.61 Å². The molecule has 5 aromatic rings. The smallest absolute Gasteiger partial charge is 0.250 e. The molecule has 2 aromatic heterocycles. The molecule has 0 saturated carbocycles. The van der Waals surface area contributed by atoms with Crippen LogP contribution in [0.2, 0.25) is 0 Å². The Morgan fingerprint density at radius 3 is 2.80 bits per heavy atom. The molecule has 3 heterocycles. The predicted octanol–water partition coefficient (Wildman–Crippen LogP) is 5.64. The van der Waals surface area contributed by atoms with Crippen molar-refractivity contribution in [3.05, 3.63) is 94.8 Å². The molecule has 4 N–H and O–H groups in total. The van der Waals surface area contributed by atoms with Crippen molar-refractivity contribution in [2.24, 2.45) is 10.7 Å². The van der Waals surface area contributed by atoms with Gasteiger partial charge >= 0.3 is 0 Å². The van der Waals surface area contributed by atoms with Crippen molar-refractivity contribution in [1.82, 2.24) is 9.97 Å². The van der Waals surface area contributed by atoms with Gasteiger partial charge in [-0.25, -0.2) is 4.99 Å². The molecule has 1 aliphatic heterocycles. The summed E-state index contributed by atoms with van der Waals surface area (Å²) in [4.78, 5) is 25.0. The fourth-order valence-electron chi connectivity index (χ4n) is 5.40. The van der Waals surface area contributed by atoms with E-state index < -0.39 is 11.5 Å². The quantitative estimate of drug-likeness (QED) is 0.249. The third-order valence-electron chi connectivity index (χ3n) is 7.59. The second kappa shape index (κ2) is 9.89. The summed E-state index contributed by atoms with van der Waals surface area (Å²) >= 11 is 0. The zero-order valence-corrected chi connectivity index (χ0v) is 22.6. The van der Waals surface area contributed by atoms with E-state index in [4.69, 9.17) is 20.2 Å². The van der Waals surface area contributed by atoms with Gasteiger partial charge in [0, 0.05) is 34.2 Å². The number of hydrogen-bond acceptors (Lipinski definition) is 6. The molecule has 40 heavy (non-hydrogen) atoms. The van der Waals surface area contributed by atoms with Crippen molar-refractivity contribution >= 4 is 39.3 Å². The van der Waals surface area contributed by atoms with E-state index in [1.807, 2.05) is 63.2 Å². The average molecular weight is 535 g/mol. The topological polar surface area (TPSA) is 123 Å². The molecule has 6 rings (SSSR count). The van der Waals surface area contributed by atoms with Crippen molar-refractivity contribution in [1.29, 1.82) is 0 Å². The van der Waals surface area contributed by atoms with Crippen LogP contribution in [0.15, 0.2) is 72.0 Å². The van der Waals surface area contributed by atoms with Crippen LogP contribution in [-0.4, -0.2) is 40.1 Å². The Bertz CT molecular complexity index is 1820. The number of nitrogens with zero attached hydrogens (tertiary/aromatic N) is 2. The molecular formula is C32H30N4O4. The number of amides is 1. The molecule has 0 radical (unpaired) electrons. The predicted molar refractivity (Wildman–Crippen MR) is 156 cm³/mol. The average Bonchev–Trinajstić information content (AvgIpc) is 3.54. The number of H-pyrrole nitrogens is 1. The van der Waals surface area contributed by atoms with Gasteiger partial charge in [0.15, 0.2) is 0 Å². The van der Waals surface area contributed by atoms with Crippen molar-refractivity contribution < 1.29 is 19.4 Å². The van der Waals surface area contributed by atoms with Gasteiger partial charge in [0.05, 0.1) is 41.1 Å². The number of pyridine rings is 1. The molecular weight excluding hydrogens is 504 g/mol. The van der Waals surface area contributed by atoms with Crippen LogP contribution in [0.3, 0.4) is 0 Å². The van der Waals surface area contributed by atoms with Crippen LogP contribution < -0.4 is 5.73 Å². The first-order valence-electron chi connectivity index (χ1n) is 13.2. The third kappa shape index (κ3) is 4.31. The molecule has 3 aromatic carbocycles. The lowest BCUT2D eigenvalue weighted by Crippen LogP contribution is -2.23. The summed E-state index contributed by atoms with van der Waals surface area (Å²) in [5.41, 5.74) is 13.8. The van der Waals surface area contributed by atoms with E-state index in [-0.39, 0.29) is 13.2 Å². The number of aliphatic imine (C=N–C) groups is 1. The Hall–Kier alpha value is -4.53. The fraction of sp³-hybridized carbons (Fsp3) is 0.219. The van der Waals surface area contributed by atoms with E-state index in [2.05, 4.69) is 16.0 Å². The van der Waals surface area contributed by atoms with Gasteiger partial charge in [-0.15, -0.1) is 0 Å². The number of aliphatic hydroxyl groups is 1. The molecule has 8 heteroatoms. The highest BCUT2D eigenvalue weighted by Crippen LogP contribution is 2.41. The first kappa shape index (κ1) is 25.7. The van der Waals surface area contributed by atoms with E-state index in [9.17, 15) is 9.90 Å². The molecule has 0 saturated heterocycles. The number of benzene rings is 3. The Labute approximate surface area is 231 Å². The summed E-state index contributed by atoms with van der Waals surface area (Å²) in [6, 6.07) is 17.7. The number of fused-ring (bicyclic) bond motifs is 4. The highest BCUT2D eigenvalue weighted by atomic mass is 16.5. The SMILES string of the molecule is Cc1c(N=C2OCc3ccncc32)cccc1-c1ccc(C(N)=O)c2[nH]c3cc(C(C)(C)OCCO)ccc3c12. The van der Waals surface area contributed by atoms with Gasteiger partial charge in [-0.3, -0.25) is 9.78 Å². The number of primary amides is 1. The van der Waals surface area contributed by atoms with Gasteiger partial charge in [-0.1, -0.05) is 30.3 Å². The zero-order valence-electron chi connectivity index (χ0n) is 22.6. The van der Waals surface area contributed by atoms with E-state index in [0.717, 1.165) is 55.4 Å². The van der Waals surface area contributed by atoms with Gasteiger partial charge < -0.3 is 25.3 Å². The fourth-order valence-corrected chi connectivity index (χ4v) is 5.40. The Morgan fingerprint density at radius 1 is 1.15 bits per heavy atom. The number of carbonyl (C=O) groups is 1. The maximum absolute atomic E-state index is 12.4. The van der Waals surface area contributed by atoms with Crippen LogP contribution in [0, 0.1) is 6.92 Å². The number of ether oxygens (including phenoxy) is 2. The maximum atomic E-state index is 12.4. The van der Waals surface area contributed by atoms with Crippen molar-refractivity contribution in [2.45, 2.75) is 33.0 Å². The van der Waals surface area contributed by atoms with Crippen LogP contribution in [0.4, 0.5) is 5.69 Å². The molecule has 1 aliphatic rings. The molecule has 0 bridgehead atoms. The van der Waals surface area contributed by atoms with Crippen LogP contribution in [-0.2, 0) is 21.7 Å². The summed E-state index contributed by atoms with van der Waals surface area (Å²) in [6.07, 6.45) is 3.54. The zero-order chi connectivity index (χ0) is 28.0. The van der Waals surface area contributed by atoms with Gasteiger partial charge in [-0.05, 0) is 67.3 Å². The van der Waals surface area contributed by atoms with Crippen molar-refractivity contribution in [2.75, 3.05) is 13.2 Å². The Balaban J connectivity index is 1.52. The van der Waals surface area contributed by atoms with Gasteiger partial charge in [0.2, 0.25) is 5.90 Å². The lowest BCUT2D eigenvalue weighted by atomic mass is 9.92.